The van der Waals surface area contributed by atoms with E-state index in [1.807, 2.05) is 24.3 Å². The van der Waals surface area contributed by atoms with Crippen molar-refractivity contribution >= 4 is 34.6 Å². The highest BCUT2D eigenvalue weighted by molar-refractivity contribution is 5.94. The summed E-state index contributed by atoms with van der Waals surface area (Å²) in [5.41, 5.74) is 9.03. The third kappa shape index (κ3) is 7.92. The highest BCUT2D eigenvalue weighted by Gasteiger charge is 2.29. The van der Waals surface area contributed by atoms with Gasteiger partial charge < -0.3 is 41.9 Å². The number of benzene rings is 2. The summed E-state index contributed by atoms with van der Waals surface area (Å²) in [6, 6.07) is 10.5. The number of carboxylic acids is 1. The molecule has 3 unspecified atom stereocenters. The molecule has 2 heterocycles. The Hall–Kier alpha value is -5.17. The maximum absolute atomic E-state index is 13.6. The Morgan fingerprint density at radius 1 is 0.878 bits per heavy atom. The number of nitrogens with zero attached hydrogens (tertiary/aromatic N) is 1. The van der Waals surface area contributed by atoms with Gasteiger partial charge in [0, 0.05) is 41.8 Å². The van der Waals surface area contributed by atoms with E-state index in [0.717, 1.165) is 22.0 Å². The molecule has 3 atom stereocenters. The van der Waals surface area contributed by atoms with Crippen LogP contribution in [0.15, 0.2) is 67.3 Å². The predicted octanol–water partition coefficient (Wildman–Crippen LogP) is 0.122. The van der Waals surface area contributed by atoms with Crippen LogP contribution in [0, 0.1) is 0 Å². The van der Waals surface area contributed by atoms with Gasteiger partial charge in [-0.25, -0.2) is 4.98 Å². The highest BCUT2D eigenvalue weighted by Crippen LogP contribution is 2.19. The maximum Gasteiger partial charge on any atom is 0.322 e. The second-order valence-corrected chi connectivity index (χ2v) is 9.56. The van der Waals surface area contributed by atoms with Gasteiger partial charge in [0.05, 0.1) is 12.4 Å². The number of amides is 3. The minimum atomic E-state index is -1.24. The van der Waals surface area contributed by atoms with Crippen LogP contribution < -0.4 is 21.7 Å². The van der Waals surface area contributed by atoms with Crippen molar-refractivity contribution in [3.63, 3.8) is 0 Å². The van der Waals surface area contributed by atoms with Gasteiger partial charge >= 0.3 is 5.97 Å². The fraction of sp³-hybridized carbons (Fsp3) is 0.250. The van der Waals surface area contributed by atoms with E-state index >= 15 is 0 Å². The summed E-state index contributed by atoms with van der Waals surface area (Å²) < 4.78 is 0. The zero-order valence-electron chi connectivity index (χ0n) is 22.0. The second-order valence-electron chi connectivity index (χ2n) is 9.56. The van der Waals surface area contributed by atoms with Crippen LogP contribution in [0.3, 0.4) is 0 Å². The zero-order chi connectivity index (χ0) is 29.4. The lowest BCUT2D eigenvalue weighted by atomic mass is 10.0. The van der Waals surface area contributed by atoms with Gasteiger partial charge in [0.1, 0.15) is 24.4 Å². The normalized spacial score (nSPS) is 13.2. The number of carbonyl (C=O) groups is 4. The Labute approximate surface area is 234 Å². The molecule has 0 saturated carbocycles. The van der Waals surface area contributed by atoms with Crippen LogP contribution in [0.1, 0.15) is 16.8 Å². The largest absolute Gasteiger partial charge is 0.508 e. The third-order valence-corrected chi connectivity index (χ3v) is 6.49. The predicted molar refractivity (Wildman–Crippen MR) is 149 cm³/mol. The number of imidazole rings is 1. The topological polar surface area (TPSA) is 215 Å². The van der Waals surface area contributed by atoms with E-state index < -0.39 is 48.4 Å². The molecular formula is C28H31N7O6. The fourth-order valence-corrected chi connectivity index (χ4v) is 4.37. The lowest BCUT2D eigenvalue weighted by Crippen LogP contribution is -2.57. The molecular weight excluding hydrogens is 530 g/mol. The number of hydrogen-bond acceptors (Lipinski definition) is 7. The molecule has 4 rings (SSSR count). The van der Waals surface area contributed by atoms with Crippen LogP contribution in [0.25, 0.3) is 10.9 Å². The van der Waals surface area contributed by atoms with E-state index in [0.29, 0.717) is 5.69 Å². The quantitative estimate of drug-likeness (QED) is 0.112. The number of aromatic nitrogens is 3. The fourth-order valence-electron chi connectivity index (χ4n) is 4.37. The second kappa shape index (κ2) is 13.3. The number of rotatable bonds is 13. The van der Waals surface area contributed by atoms with Crippen molar-refractivity contribution in [2.45, 2.75) is 37.4 Å². The van der Waals surface area contributed by atoms with Crippen molar-refractivity contribution in [1.29, 1.82) is 0 Å². The molecule has 13 heteroatoms. The van der Waals surface area contributed by atoms with E-state index in [1.165, 1.54) is 24.7 Å². The molecule has 214 valence electrons. The smallest absolute Gasteiger partial charge is 0.322 e. The van der Waals surface area contributed by atoms with Gasteiger partial charge in [0.15, 0.2) is 0 Å². The summed E-state index contributed by atoms with van der Waals surface area (Å²) in [4.78, 5) is 60.5. The first-order valence-electron chi connectivity index (χ1n) is 12.9. The molecule has 4 aromatic rings. The van der Waals surface area contributed by atoms with Gasteiger partial charge in [0.2, 0.25) is 17.7 Å². The van der Waals surface area contributed by atoms with Crippen LogP contribution in [0.5, 0.6) is 5.75 Å². The summed E-state index contributed by atoms with van der Waals surface area (Å²) in [6.45, 7) is -0.629. The number of aromatic amines is 2. The number of para-hydroxylation sites is 1. The lowest BCUT2D eigenvalue weighted by molar-refractivity contribution is -0.138. The number of aromatic hydroxyl groups is 1. The van der Waals surface area contributed by atoms with Gasteiger partial charge in [-0.15, -0.1) is 0 Å². The number of carboxylic acid groups (broad SMARTS) is 1. The minimum absolute atomic E-state index is 0.00527. The van der Waals surface area contributed by atoms with Gasteiger partial charge in [0.25, 0.3) is 0 Å². The monoisotopic (exact) mass is 561 g/mol. The third-order valence-electron chi connectivity index (χ3n) is 6.49. The van der Waals surface area contributed by atoms with Crippen LogP contribution in [-0.4, -0.2) is 73.5 Å². The average Bonchev–Trinajstić information content (AvgIpc) is 3.62. The van der Waals surface area contributed by atoms with Crippen LogP contribution in [0.2, 0.25) is 0 Å². The van der Waals surface area contributed by atoms with Crippen molar-refractivity contribution in [3.8, 4) is 5.75 Å². The average molecular weight is 562 g/mol. The molecule has 0 radical (unpaired) electrons. The van der Waals surface area contributed by atoms with E-state index in [4.69, 9.17) is 10.8 Å². The van der Waals surface area contributed by atoms with E-state index in [9.17, 15) is 24.3 Å². The summed E-state index contributed by atoms with van der Waals surface area (Å²) in [5, 5.41) is 27.0. The number of phenols is 1. The standard InChI is InChI=1S/C28H31N7O6/c29-21(9-16-5-7-19(36)8-6-16)26(39)34-23(10-17-12-31-22-4-2-1-3-20(17)22)28(41)35-24(11-18-13-30-15-33-18)27(40)32-14-25(37)38/h1-8,12-13,15,21,23-24,31,36H,9-11,14,29H2,(H,30,33)(H,32,40)(H,34,39)(H,35,41)(H,37,38). The number of phenolic OH excluding ortho intramolecular Hbond substituents is 1. The summed E-state index contributed by atoms with van der Waals surface area (Å²) in [6.07, 6.45) is 4.89. The van der Waals surface area contributed by atoms with Crippen molar-refractivity contribution in [2.75, 3.05) is 6.54 Å². The number of nitrogens with one attached hydrogen (secondary N) is 5. The first-order valence-corrected chi connectivity index (χ1v) is 12.9. The molecule has 0 spiro atoms. The molecule has 0 aliphatic rings. The summed E-state index contributed by atoms with van der Waals surface area (Å²) in [5.74, 6) is -3.11. The molecule has 13 nitrogen and oxygen atoms in total. The summed E-state index contributed by atoms with van der Waals surface area (Å²) in [7, 11) is 0. The Morgan fingerprint density at radius 2 is 1.59 bits per heavy atom. The van der Waals surface area contributed by atoms with Crippen molar-refractivity contribution in [3.05, 3.63) is 84.1 Å². The number of nitrogens with two attached hydrogens (primary N) is 1. The Morgan fingerprint density at radius 3 is 2.29 bits per heavy atom. The molecule has 0 fully saturated rings. The van der Waals surface area contributed by atoms with E-state index in [2.05, 4.69) is 30.9 Å². The van der Waals surface area contributed by atoms with Gasteiger partial charge in [-0.05, 0) is 35.7 Å². The van der Waals surface area contributed by atoms with Gasteiger partial charge in [-0.1, -0.05) is 30.3 Å². The van der Waals surface area contributed by atoms with Crippen molar-refractivity contribution in [2.24, 2.45) is 5.73 Å². The number of hydrogen-bond donors (Lipinski definition) is 8. The first kappa shape index (κ1) is 28.8. The Kier molecular flexibility index (Phi) is 9.32. The maximum atomic E-state index is 13.6. The molecule has 3 amide bonds. The molecule has 0 saturated heterocycles. The molecule has 41 heavy (non-hydrogen) atoms. The van der Waals surface area contributed by atoms with Crippen molar-refractivity contribution in [1.82, 2.24) is 30.9 Å². The number of fused-ring (bicyclic) bond motifs is 1. The van der Waals surface area contributed by atoms with Crippen LogP contribution in [0.4, 0.5) is 0 Å². The zero-order valence-corrected chi connectivity index (χ0v) is 22.0. The number of aliphatic carboxylic acids is 1. The molecule has 0 bridgehead atoms. The first-order chi connectivity index (χ1) is 19.7. The Balaban J connectivity index is 1.54. The van der Waals surface area contributed by atoms with E-state index in [-0.39, 0.29) is 25.0 Å². The number of carbonyl (C=O) groups excluding carboxylic acids is 3. The molecule has 9 N–H and O–H groups in total. The molecule has 2 aromatic heterocycles. The SMILES string of the molecule is NC(Cc1ccc(O)cc1)C(=O)NC(Cc1c[nH]c2ccccc12)C(=O)NC(Cc1cnc[nH]1)C(=O)NCC(=O)O. The van der Waals surface area contributed by atoms with Crippen molar-refractivity contribution < 1.29 is 29.4 Å². The minimum Gasteiger partial charge on any atom is -0.508 e. The molecule has 0 aliphatic heterocycles. The van der Waals surface area contributed by atoms with Gasteiger partial charge in [-0.2, -0.15) is 0 Å². The van der Waals surface area contributed by atoms with E-state index in [1.54, 1.807) is 18.3 Å². The Bertz CT molecular complexity index is 1500. The molecule has 0 aliphatic carbocycles. The van der Waals surface area contributed by atoms with Crippen LogP contribution in [-0.2, 0) is 38.4 Å². The highest BCUT2D eigenvalue weighted by atomic mass is 16.4. The van der Waals surface area contributed by atoms with Gasteiger partial charge in [-0.3, -0.25) is 19.2 Å². The number of H-pyrrole nitrogens is 2. The van der Waals surface area contributed by atoms with Crippen LogP contribution >= 0.6 is 0 Å². The lowest BCUT2D eigenvalue weighted by Gasteiger charge is -2.24. The molecule has 2 aromatic carbocycles. The summed E-state index contributed by atoms with van der Waals surface area (Å²) >= 11 is 0.